The van der Waals surface area contributed by atoms with Gasteiger partial charge in [0.1, 0.15) is 0 Å². The van der Waals surface area contributed by atoms with Gasteiger partial charge in [0.25, 0.3) is 0 Å². The van der Waals surface area contributed by atoms with E-state index in [2.05, 4.69) is 134 Å². The normalized spacial score (nSPS) is 22.7. The van der Waals surface area contributed by atoms with Crippen LogP contribution in [0.3, 0.4) is 0 Å². The number of unbranched alkanes of at least 4 members (excludes halogenated alkanes) is 1. The molecular formula is C41H46HfSi. The summed E-state index contributed by atoms with van der Waals surface area (Å²) in [5, 5.41) is 3.77. The van der Waals surface area contributed by atoms with Gasteiger partial charge in [-0.3, -0.25) is 0 Å². The molecule has 2 aliphatic carbocycles. The summed E-state index contributed by atoms with van der Waals surface area (Å²) in [5.41, 5.74) is 15.2. The molecule has 0 N–H and O–H groups in total. The Kier molecular flexibility index (Phi) is 7.54. The van der Waals surface area contributed by atoms with Gasteiger partial charge < -0.3 is 0 Å². The van der Waals surface area contributed by atoms with E-state index in [0.717, 1.165) is 12.8 Å². The summed E-state index contributed by atoms with van der Waals surface area (Å²) in [6.07, 6.45) is 10.3. The van der Waals surface area contributed by atoms with Crippen LogP contribution < -0.4 is 0 Å². The van der Waals surface area contributed by atoms with Crippen LogP contribution in [0.5, 0.6) is 0 Å². The van der Waals surface area contributed by atoms with Gasteiger partial charge in [-0.2, -0.15) is 0 Å². The number of aryl methyl sites for hydroxylation is 2. The molecule has 7 rings (SSSR count). The number of hydrogen-bond acceptors (Lipinski definition) is 0. The quantitative estimate of drug-likeness (QED) is 0.165. The van der Waals surface area contributed by atoms with Crippen molar-refractivity contribution in [3.05, 3.63) is 129 Å². The third-order valence-corrected chi connectivity index (χ3v) is 33.3. The van der Waals surface area contributed by atoms with Crippen molar-refractivity contribution in [3.8, 4) is 22.3 Å². The number of benzene rings is 4. The van der Waals surface area contributed by atoms with Gasteiger partial charge in [0.2, 0.25) is 0 Å². The molecule has 1 heterocycles. The first kappa shape index (κ1) is 29.2. The number of hydrogen-bond donors (Lipinski definition) is 0. The molecule has 43 heavy (non-hydrogen) atoms. The summed E-state index contributed by atoms with van der Waals surface area (Å²) >= 11 is -3.05. The average Bonchev–Trinajstić information content (AvgIpc) is 3.65. The summed E-state index contributed by atoms with van der Waals surface area (Å²) in [7, 11) is -1.92. The molecule has 0 amide bonds. The number of rotatable bonds is 7. The SMILES string of the molecule is CCCC[Si]1(C)C2=Cc3c(-c4ccccc4CC)cccc3[CH]2[Hf]([CH3])([CH3])[CH]2C1=Cc1c(-c3ccccc3CC)cccc12. The van der Waals surface area contributed by atoms with E-state index in [9.17, 15) is 0 Å². The zero-order chi connectivity index (χ0) is 29.9. The topological polar surface area (TPSA) is 0 Å². The average molecular weight is 745 g/mol. The third-order valence-electron chi connectivity index (χ3n) is 11.3. The summed E-state index contributed by atoms with van der Waals surface area (Å²) in [4.78, 5) is 0. The fraction of sp³-hybridized carbons (Fsp3) is 0.317. The Hall–Kier alpha value is -2.55. The van der Waals surface area contributed by atoms with E-state index >= 15 is 0 Å². The molecule has 1 aliphatic heterocycles. The monoisotopic (exact) mass is 746 g/mol. The molecule has 0 spiro atoms. The van der Waals surface area contributed by atoms with Crippen LogP contribution in [0.25, 0.3) is 34.4 Å². The predicted octanol–water partition coefficient (Wildman–Crippen LogP) is 11.9. The van der Waals surface area contributed by atoms with Crippen molar-refractivity contribution in [2.24, 2.45) is 0 Å². The second-order valence-corrected chi connectivity index (χ2v) is 35.5. The number of fused-ring (bicyclic) bond motifs is 6. The predicted molar refractivity (Wildman–Crippen MR) is 187 cm³/mol. The zero-order valence-corrected chi connectivity index (χ0v) is 31.5. The molecule has 2 atom stereocenters. The Morgan fingerprint density at radius 3 is 1.47 bits per heavy atom. The Balaban J connectivity index is 1.46. The molecule has 0 aromatic heterocycles. The van der Waals surface area contributed by atoms with Crippen molar-refractivity contribution in [1.82, 2.24) is 0 Å². The number of allylic oxidation sites excluding steroid dienone is 2. The zero-order valence-electron chi connectivity index (χ0n) is 26.9. The van der Waals surface area contributed by atoms with Crippen LogP contribution in [-0.4, -0.2) is 8.07 Å². The standard InChI is InChI=1S/C39H40Si.2CH3.Hf/c1-5-8-23-40(4,32-24-30-17-13-21-36(38(30)26-32)34-19-11-9-15-28(34)6-2)33-25-31-18-14-22-37(39(31)27-33)35-20-12-10-16-29(35)7-3;;;/h9-22,24-27H,5-8,23H2,1-4H3;2*1H3;. The molecule has 1 saturated heterocycles. The molecule has 1 fully saturated rings. The van der Waals surface area contributed by atoms with E-state index in [1.54, 1.807) is 22.3 Å². The van der Waals surface area contributed by atoms with E-state index in [-0.39, 0.29) is 0 Å². The molecule has 3 aliphatic rings. The summed E-state index contributed by atoms with van der Waals surface area (Å²) in [6, 6.07) is 34.2. The van der Waals surface area contributed by atoms with Crippen LogP contribution in [-0.2, 0) is 32.8 Å². The summed E-state index contributed by atoms with van der Waals surface area (Å²) in [6.45, 7) is 9.75. The van der Waals surface area contributed by atoms with E-state index in [4.69, 9.17) is 0 Å². The summed E-state index contributed by atoms with van der Waals surface area (Å²) < 4.78 is 6.98. The second kappa shape index (κ2) is 11.1. The van der Waals surface area contributed by atoms with Crippen LogP contribution in [0.1, 0.15) is 74.3 Å². The maximum absolute atomic E-state index is 3.05. The third kappa shape index (κ3) is 4.37. The van der Waals surface area contributed by atoms with Crippen molar-refractivity contribution >= 4 is 20.2 Å². The van der Waals surface area contributed by atoms with Gasteiger partial charge in [-0.15, -0.1) is 0 Å². The molecular weight excluding hydrogens is 699 g/mol. The van der Waals surface area contributed by atoms with Gasteiger partial charge in [-0.25, -0.2) is 0 Å². The molecule has 0 bridgehead atoms. The Morgan fingerprint density at radius 1 is 0.581 bits per heavy atom. The first-order chi connectivity index (χ1) is 20.8. The second-order valence-electron chi connectivity index (χ2n) is 14.0. The Labute approximate surface area is 265 Å². The van der Waals surface area contributed by atoms with Crippen molar-refractivity contribution in [3.63, 3.8) is 0 Å². The van der Waals surface area contributed by atoms with Gasteiger partial charge in [-0.05, 0) is 0 Å². The van der Waals surface area contributed by atoms with Crippen LogP contribution in [0.15, 0.2) is 95.3 Å². The van der Waals surface area contributed by atoms with Crippen molar-refractivity contribution < 1.29 is 20.0 Å². The molecule has 218 valence electrons. The van der Waals surface area contributed by atoms with Crippen LogP contribution in [0.2, 0.25) is 22.0 Å². The van der Waals surface area contributed by atoms with Crippen LogP contribution in [0.4, 0.5) is 0 Å². The van der Waals surface area contributed by atoms with Crippen molar-refractivity contribution in [1.29, 1.82) is 0 Å². The van der Waals surface area contributed by atoms with Crippen molar-refractivity contribution in [2.75, 3.05) is 0 Å². The Bertz CT molecular complexity index is 1660. The van der Waals surface area contributed by atoms with E-state index in [0.29, 0.717) is 7.35 Å². The van der Waals surface area contributed by atoms with Crippen LogP contribution >= 0.6 is 0 Å². The van der Waals surface area contributed by atoms with Gasteiger partial charge in [0.05, 0.1) is 0 Å². The van der Waals surface area contributed by atoms with Crippen molar-refractivity contribution in [2.45, 2.75) is 75.8 Å². The maximum atomic E-state index is 2.81. The van der Waals surface area contributed by atoms with Gasteiger partial charge >= 0.3 is 267 Å². The first-order valence-corrected chi connectivity index (χ1v) is 30.8. The minimum atomic E-state index is -3.05. The van der Waals surface area contributed by atoms with Gasteiger partial charge in [-0.1, -0.05) is 0 Å². The van der Waals surface area contributed by atoms with Gasteiger partial charge in [0.15, 0.2) is 0 Å². The van der Waals surface area contributed by atoms with Gasteiger partial charge in [0, 0.05) is 0 Å². The van der Waals surface area contributed by atoms with E-state index < -0.39 is 28.0 Å². The molecule has 2 heteroatoms. The molecule has 0 saturated carbocycles. The summed E-state index contributed by atoms with van der Waals surface area (Å²) in [5.74, 6) is 0. The van der Waals surface area contributed by atoms with E-state index in [1.165, 1.54) is 52.3 Å². The first-order valence-electron chi connectivity index (χ1n) is 16.7. The molecule has 0 nitrogen and oxygen atoms in total. The van der Waals surface area contributed by atoms with E-state index in [1.807, 2.05) is 10.4 Å². The van der Waals surface area contributed by atoms with Crippen LogP contribution in [0, 0.1) is 0 Å². The molecule has 4 aromatic rings. The fourth-order valence-electron chi connectivity index (χ4n) is 9.17. The molecule has 0 radical (unpaired) electrons. The molecule has 4 aromatic carbocycles. The fourth-order valence-corrected chi connectivity index (χ4v) is 41.7. The minimum absolute atomic E-state index is 0.685. The molecule has 2 unspecified atom stereocenters. The Morgan fingerprint density at radius 2 is 1.02 bits per heavy atom.